The molecular formula is H4CeN8O24PoTb. The van der Waals surface area contributed by atoms with E-state index in [1.54, 1.807) is 0 Å². The summed E-state index contributed by atoms with van der Waals surface area (Å²) in [6.45, 7) is 0. The van der Waals surface area contributed by atoms with Crippen LogP contribution in [-0.4, -0.2) is 67.3 Å². The van der Waals surface area contributed by atoms with E-state index in [0.717, 1.165) is 0 Å². The second kappa shape index (κ2) is 63.3. The van der Waals surface area contributed by atoms with Gasteiger partial charge >= 0.3 is 107 Å². The van der Waals surface area contributed by atoms with Crippen LogP contribution >= 0.6 is 0 Å². The van der Waals surface area contributed by atoms with Crippen LogP contribution in [0.3, 0.4) is 0 Å². The summed E-state index contributed by atoms with van der Waals surface area (Å²) in [5.74, 6) is 0. The largest absolute Gasteiger partial charge is 3.00 e. The van der Waals surface area contributed by atoms with Gasteiger partial charge < -0.3 is 123 Å². The zero-order chi connectivity index (χ0) is 28.6. The van der Waals surface area contributed by atoms with E-state index >= 15 is 0 Å². The zero-order valence-corrected chi connectivity index (χ0v) is 25.7. The van der Waals surface area contributed by atoms with Gasteiger partial charge in [-0.15, -0.1) is 0 Å². The molecule has 0 N–H and O–H groups in total. The fourth-order valence-corrected chi connectivity index (χ4v) is 0. The third-order valence-electron chi connectivity index (χ3n) is 0. The summed E-state index contributed by atoms with van der Waals surface area (Å²) in [7, 11) is 0. The van der Waals surface area contributed by atoms with E-state index in [2.05, 4.69) is 0 Å². The summed E-state index contributed by atoms with van der Waals surface area (Å²) < 4.78 is 0. The normalized spacial score (nSPS) is 5.49. The first kappa shape index (κ1) is 69.7. The van der Waals surface area contributed by atoms with Gasteiger partial charge in [-0.05, 0) is 0 Å². The van der Waals surface area contributed by atoms with Crippen molar-refractivity contribution in [2.75, 3.05) is 0 Å². The topological polar surface area (TPSA) is 530 Å². The SMILES string of the molecule is O=[N+]([O-])[O-].O=[N+]([O-])[O-].O=[N+]([O-])[O-].O=[N+]([O-])[O-].O=[N+]([O-])[O-].O=[N+]([O-])[O-].O=[N+]([O-])[O-].O=[N+]([O-])[O-].[Ce+3].[PoH4+2].[Tb+3]. The summed E-state index contributed by atoms with van der Waals surface area (Å²) in [6.07, 6.45) is 0. The molecule has 207 valence electrons. The van der Waals surface area contributed by atoms with Gasteiger partial charge in [0.25, 0.3) is 0 Å². The predicted molar refractivity (Wildman–Crippen MR) is 94.2 cm³/mol. The molecule has 0 fully saturated rings. The average Bonchev–Trinajstić information content (AvgIpc) is 2.30. The maximum Gasteiger partial charge on any atom is 3.00 e. The Hall–Kier alpha value is -2.84. The van der Waals surface area contributed by atoms with E-state index in [4.69, 9.17) is 123 Å². The van der Waals surface area contributed by atoms with Gasteiger partial charge in [0, 0.05) is 0 Å². The first-order chi connectivity index (χ1) is 13.9. The minimum Gasteiger partial charge on any atom is 3.00 e. The summed E-state index contributed by atoms with van der Waals surface area (Å²) in [5, 5.41) is 118. The van der Waals surface area contributed by atoms with Crippen molar-refractivity contribution in [1.82, 2.24) is 0 Å². The second-order valence-electron chi connectivity index (χ2n) is 1.79. The van der Waals surface area contributed by atoms with E-state index in [1.807, 2.05) is 0 Å². The predicted octanol–water partition coefficient (Wildman–Crippen LogP) is -3.36. The van der Waals surface area contributed by atoms with Gasteiger partial charge in [0.05, 0.1) is 40.7 Å². The summed E-state index contributed by atoms with van der Waals surface area (Å²) in [5.41, 5.74) is 0. The van der Waals surface area contributed by atoms with Crippen LogP contribution in [-0.2, 0) is 0 Å². The van der Waals surface area contributed by atoms with E-state index in [0.29, 0.717) is 0 Å². The van der Waals surface area contributed by atoms with Gasteiger partial charge in [0.15, 0.2) is 0 Å². The molecule has 0 heterocycles. The number of hydrogen-bond acceptors (Lipinski definition) is 24. The zero-order valence-electron chi connectivity index (χ0n) is 14.9. The molecule has 0 aromatic heterocycles. The molecule has 0 atom stereocenters. The van der Waals surface area contributed by atoms with Crippen LogP contribution in [0.4, 0.5) is 0 Å². The van der Waals surface area contributed by atoms with Gasteiger partial charge in [-0.3, -0.25) is 0 Å². The molecule has 0 saturated heterocycles. The Balaban J connectivity index is -0.0000000206. The number of hydrogen-bond donors (Lipinski definition) is 0. The molecular weight excluding hydrogens is 1000 g/mol. The van der Waals surface area contributed by atoms with Crippen LogP contribution in [0.25, 0.3) is 0 Å². The van der Waals surface area contributed by atoms with Crippen molar-refractivity contribution in [2.24, 2.45) is 0 Å². The molecule has 32 nitrogen and oxygen atoms in total. The Morgan fingerprint density at radius 3 is 0.257 bits per heavy atom. The van der Waals surface area contributed by atoms with E-state index in [1.165, 1.54) is 0 Å². The number of rotatable bonds is 0. The Morgan fingerprint density at radius 2 is 0.257 bits per heavy atom. The van der Waals surface area contributed by atoms with Crippen molar-refractivity contribution in [3.05, 3.63) is 123 Å². The van der Waals surface area contributed by atoms with Crippen molar-refractivity contribution in [3.8, 4) is 0 Å². The van der Waals surface area contributed by atoms with Crippen molar-refractivity contribution >= 4 is 26.6 Å². The molecule has 0 saturated carbocycles. The van der Waals surface area contributed by atoms with Crippen LogP contribution < -0.4 is 0 Å². The Labute approximate surface area is 267 Å². The van der Waals surface area contributed by atoms with E-state index in [-0.39, 0.29) is 107 Å². The second-order valence-corrected chi connectivity index (χ2v) is 1.79. The first-order valence-electron chi connectivity index (χ1n) is 4.38. The fourth-order valence-electron chi connectivity index (χ4n) is 0. The summed E-state index contributed by atoms with van der Waals surface area (Å²) >= 11 is 0. The fraction of sp³-hybridized carbons (Fsp3) is 0. The molecule has 1 radical (unpaired) electrons. The molecule has 35 heteroatoms. The van der Waals surface area contributed by atoms with Crippen LogP contribution in [0, 0.1) is 203 Å². The van der Waals surface area contributed by atoms with Gasteiger partial charge in [0.2, 0.25) is 0 Å². The quantitative estimate of drug-likeness (QED) is 0.169. The summed E-state index contributed by atoms with van der Waals surface area (Å²) in [6, 6.07) is 0. The third-order valence-corrected chi connectivity index (χ3v) is 0. The third kappa shape index (κ3) is 3280. The summed E-state index contributed by atoms with van der Waals surface area (Å²) in [4.78, 5) is 66.0. The minimum atomic E-state index is -1.75. The monoisotopic (exact) mass is 1010 g/mol. The Bertz CT molecular complexity index is 374. The van der Waals surface area contributed by atoms with Crippen LogP contribution in [0.5, 0.6) is 0 Å². The maximum absolute atomic E-state index is 8.25. The molecule has 0 aliphatic heterocycles. The van der Waals surface area contributed by atoms with Crippen molar-refractivity contribution in [2.45, 2.75) is 0 Å². The van der Waals surface area contributed by atoms with E-state index < -0.39 is 40.7 Å². The maximum atomic E-state index is 8.25. The van der Waals surface area contributed by atoms with Crippen LogP contribution in [0.1, 0.15) is 0 Å². The molecule has 0 rings (SSSR count). The molecule has 0 aliphatic carbocycles. The molecule has 35 heavy (non-hydrogen) atoms. The smallest absolute Gasteiger partial charge is 3.00 e. The Kier molecular flexibility index (Phi) is 126. The van der Waals surface area contributed by atoms with Crippen molar-refractivity contribution < 1.29 is 121 Å². The van der Waals surface area contributed by atoms with Crippen molar-refractivity contribution in [1.29, 1.82) is 0 Å². The Morgan fingerprint density at radius 1 is 0.257 bits per heavy atom. The molecule has 0 bridgehead atoms. The van der Waals surface area contributed by atoms with Crippen LogP contribution in [0.15, 0.2) is 0 Å². The average molecular weight is 1010 g/mol. The van der Waals surface area contributed by atoms with Crippen LogP contribution in [0.2, 0.25) is 0 Å². The molecule has 0 unspecified atom stereocenters. The molecule has 0 aliphatic rings. The molecule has 0 spiro atoms. The van der Waals surface area contributed by atoms with Crippen molar-refractivity contribution in [3.63, 3.8) is 0 Å². The number of nitrogens with zero attached hydrogens (tertiary/aromatic N) is 8. The minimum absolute atomic E-state index is 0. The first-order valence-corrected chi connectivity index (χ1v) is 4.38. The van der Waals surface area contributed by atoms with Gasteiger partial charge in [0.1, 0.15) is 0 Å². The molecule has 0 aromatic rings. The van der Waals surface area contributed by atoms with Gasteiger partial charge in [-0.1, -0.05) is 0 Å². The molecule has 0 aromatic carbocycles. The standard InChI is InChI=1S/Ce.8NO3.Po.Tb.4H/c;8*2-1(3)4;;;;;;/q+3;8*-1;+2;+3;;;;. The molecule has 0 amide bonds. The van der Waals surface area contributed by atoms with Gasteiger partial charge in [-0.2, -0.15) is 0 Å². The van der Waals surface area contributed by atoms with E-state index in [9.17, 15) is 0 Å². The van der Waals surface area contributed by atoms with Gasteiger partial charge in [-0.25, -0.2) is 0 Å².